The van der Waals surface area contributed by atoms with Crippen molar-refractivity contribution in [1.29, 1.82) is 0 Å². The molecule has 4 rings (SSSR count). The van der Waals surface area contributed by atoms with E-state index in [1.54, 1.807) is 18.9 Å². The van der Waals surface area contributed by atoms with Crippen LogP contribution in [0.15, 0.2) is 48.5 Å². The zero-order chi connectivity index (χ0) is 22.5. The Hall–Kier alpha value is -3.39. The number of methoxy groups -OCH3 is 2. The molecule has 3 aromatic rings. The van der Waals surface area contributed by atoms with Crippen LogP contribution in [0.25, 0.3) is 5.69 Å². The molecule has 0 bridgehead atoms. The lowest BCUT2D eigenvalue weighted by Gasteiger charge is -2.32. The van der Waals surface area contributed by atoms with Crippen LogP contribution in [0, 0.1) is 6.92 Å². The van der Waals surface area contributed by atoms with Gasteiger partial charge in [0.05, 0.1) is 25.6 Å². The van der Waals surface area contributed by atoms with Gasteiger partial charge in [0.2, 0.25) is 0 Å². The van der Waals surface area contributed by atoms with Gasteiger partial charge in [-0.25, -0.2) is 4.68 Å². The second kappa shape index (κ2) is 9.82. The minimum absolute atomic E-state index is 0.123. The molecule has 1 fully saturated rings. The van der Waals surface area contributed by atoms with Gasteiger partial charge in [-0.1, -0.05) is 29.5 Å². The van der Waals surface area contributed by atoms with E-state index in [1.807, 2.05) is 49.4 Å². The number of hydrogen-bond donors (Lipinski definition) is 1. The molecule has 2 aromatic carbocycles. The first-order chi connectivity index (χ1) is 15.6. The van der Waals surface area contributed by atoms with E-state index >= 15 is 0 Å². The summed E-state index contributed by atoms with van der Waals surface area (Å²) in [5.74, 6) is 1.46. The van der Waals surface area contributed by atoms with Gasteiger partial charge in [-0.15, -0.1) is 5.10 Å². The molecule has 1 aliphatic rings. The van der Waals surface area contributed by atoms with Gasteiger partial charge in [-0.3, -0.25) is 9.69 Å². The monoisotopic (exact) mass is 435 g/mol. The van der Waals surface area contributed by atoms with Gasteiger partial charge in [0.15, 0.2) is 5.69 Å². The van der Waals surface area contributed by atoms with Crippen molar-refractivity contribution in [3.8, 4) is 17.2 Å². The van der Waals surface area contributed by atoms with E-state index in [4.69, 9.17) is 9.47 Å². The molecule has 0 aliphatic carbocycles. The number of piperidine rings is 1. The largest absolute Gasteiger partial charge is 0.497 e. The highest BCUT2D eigenvalue weighted by atomic mass is 16.5. The molecular weight excluding hydrogens is 406 g/mol. The van der Waals surface area contributed by atoms with Crippen LogP contribution in [-0.2, 0) is 6.54 Å². The van der Waals surface area contributed by atoms with Crippen LogP contribution >= 0.6 is 0 Å². The van der Waals surface area contributed by atoms with Crippen LogP contribution < -0.4 is 14.8 Å². The molecule has 2 heterocycles. The van der Waals surface area contributed by atoms with Crippen molar-refractivity contribution in [1.82, 2.24) is 25.2 Å². The number of carbonyl (C=O) groups is 1. The van der Waals surface area contributed by atoms with Crippen LogP contribution in [0.5, 0.6) is 11.5 Å². The van der Waals surface area contributed by atoms with Gasteiger partial charge in [-0.2, -0.15) is 0 Å². The van der Waals surface area contributed by atoms with Gasteiger partial charge < -0.3 is 14.8 Å². The first-order valence-corrected chi connectivity index (χ1v) is 10.8. The first kappa shape index (κ1) is 21.8. The van der Waals surface area contributed by atoms with Crippen LogP contribution in [0.4, 0.5) is 0 Å². The van der Waals surface area contributed by atoms with E-state index in [-0.39, 0.29) is 11.9 Å². The van der Waals surface area contributed by atoms with Gasteiger partial charge >= 0.3 is 0 Å². The number of carbonyl (C=O) groups excluding carboxylic acids is 1. The fraction of sp³-hybridized carbons (Fsp3) is 0.375. The Kier molecular flexibility index (Phi) is 6.70. The van der Waals surface area contributed by atoms with E-state index in [2.05, 4.69) is 26.6 Å². The molecule has 1 N–H and O–H groups in total. The summed E-state index contributed by atoms with van der Waals surface area (Å²) in [5.41, 5.74) is 3.04. The lowest BCUT2D eigenvalue weighted by atomic mass is 10.0. The summed E-state index contributed by atoms with van der Waals surface area (Å²) in [6.07, 6.45) is 1.79. The van der Waals surface area contributed by atoms with Crippen molar-refractivity contribution in [3.63, 3.8) is 0 Å². The van der Waals surface area contributed by atoms with Crippen LogP contribution in [0.2, 0.25) is 0 Å². The van der Waals surface area contributed by atoms with Crippen LogP contribution in [-0.4, -0.2) is 59.2 Å². The Labute approximate surface area is 188 Å². The van der Waals surface area contributed by atoms with Crippen molar-refractivity contribution in [2.45, 2.75) is 32.4 Å². The maximum atomic E-state index is 12.9. The number of ether oxygens (including phenoxy) is 2. The predicted molar refractivity (Wildman–Crippen MR) is 121 cm³/mol. The molecule has 0 radical (unpaired) electrons. The number of rotatable bonds is 7. The van der Waals surface area contributed by atoms with E-state index in [0.29, 0.717) is 11.4 Å². The van der Waals surface area contributed by atoms with Crippen LogP contribution in [0.1, 0.15) is 34.6 Å². The maximum absolute atomic E-state index is 12.9. The second-order valence-corrected chi connectivity index (χ2v) is 7.97. The summed E-state index contributed by atoms with van der Waals surface area (Å²) in [6, 6.07) is 15.7. The predicted octanol–water partition coefficient (Wildman–Crippen LogP) is 2.99. The minimum atomic E-state index is -0.181. The normalized spacial score (nSPS) is 14.8. The standard InChI is InChI=1S/C24H29N5O3/c1-17-23(26-27-29(17)20-8-6-9-21(15-20)31-2)24(30)25-19-11-13-28(14-12-19)16-18-7-4-5-10-22(18)32-3/h4-10,15,19H,11-14,16H2,1-3H3,(H,25,30). The van der Waals surface area contributed by atoms with Crippen molar-refractivity contribution >= 4 is 5.91 Å². The first-order valence-electron chi connectivity index (χ1n) is 10.8. The Balaban J connectivity index is 1.35. The number of aromatic nitrogens is 3. The van der Waals surface area contributed by atoms with Gasteiger partial charge in [0.25, 0.3) is 5.91 Å². The average molecular weight is 436 g/mol. The molecule has 8 heteroatoms. The molecule has 0 saturated carbocycles. The number of nitrogens with one attached hydrogen (secondary N) is 1. The molecule has 1 aliphatic heterocycles. The zero-order valence-corrected chi connectivity index (χ0v) is 18.7. The number of benzene rings is 2. The summed E-state index contributed by atoms with van der Waals surface area (Å²) in [4.78, 5) is 15.3. The van der Waals surface area contributed by atoms with Crippen molar-refractivity contribution < 1.29 is 14.3 Å². The fourth-order valence-electron chi connectivity index (χ4n) is 4.09. The van der Waals surface area contributed by atoms with Gasteiger partial charge in [0.1, 0.15) is 11.5 Å². The molecule has 1 amide bonds. The van der Waals surface area contributed by atoms with E-state index in [9.17, 15) is 4.79 Å². The lowest BCUT2D eigenvalue weighted by molar-refractivity contribution is 0.0903. The number of para-hydroxylation sites is 1. The van der Waals surface area contributed by atoms with Gasteiger partial charge in [0, 0.05) is 37.3 Å². The molecule has 0 unspecified atom stereocenters. The summed E-state index contributed by atoms with van der Waals surface area (Å²) in [6.45, 7) is 4.53. The third-order valence-corrected chi connectivity index (χ3v) is 5.92. The third kappa shape index (κ3) is 4.75. The lowest BCUT2D eigenvalue weighted by Crippen LogP contribution is -2.44. The maximum Gasteiger partial charge on any atom is 0.273 e. The van der Waals surface area contributed by atoms with E-state index in [1.165, 1.54) is 5.56 Å². The molecule has 1 saturated heterocycles. The smallest absolute Gasteiger partial charge is 0.273 e. The van der Waals surface area contributed by atoms with Crippen molar-refractivity contribution in [3.05, 3.63) is 65.5 Å². The van der Waals surface area contributed by atoms with Crippen molar-refractivity contribution in [2.75, 3.05) is 27.3 Å². The molecule has 0 spiro atoms. The Morgan fingerprint density at radius 1 is 1.09 bits per heavy atom. The summed E-state index contributed by atoms with van der Waals surface area (Å²) < 4.78 is 12.4. The van der Waals surface area contributed by atoms with E-state index in [0.717, 1.165) is 49.7 Å². The number of nitrogens with zero attached hydrogens (tertiary/aromatic N) is 4. The molecular formula is C24H29N5O3. The van der Waals surface area contributed by atoms with Gasteiger partial charge in [-0.05, 0) is 38.0 Å². The molecule has 0 atom stereocenters. The van der Waals surface area contributed by atoms with Crippen molar-refractivity contribution in [2.24, 2.45) is 0 Å². The quantitative estimate of drug-likeness (QED) is 0.615. The average Bonchev–Trinajstić information content (AvgIpc) is 3.22. The zero-order valence-electron chi connectivity index (χ0n) is 18.7. The SMILES string of the molecule is COc1cccc(-n2nnc(C(=O)NC3CCN(Cc4ccccc4OC)CC3)c2C)c1. The highest BCUT2D eigenvalue weighted by Gasteiger charge is 2.24. The molecule has 1 aromatic heterocycles. The van der Waals surface area contributed by atoms with E-state index < -0.39 is 0 Å². The number of amides is 1. The molecule has 32 heavy (non-hydrogen) atoms. The summed E-state index contributed by atoms with van der Waals surface area (Å²) in [7, 11) is 3.32. The second-order valence-electron chi connectivity index (χ2n) is 7.97. The highest BCUT2D eigenvalue weighted by molar-refractivity contribution is 5.93. The van der Waals surface area contributed by atoms with Crippen LogP contribution in [0.3, 0.4) is 0 Å². The summed E-state index contributed by atoms with van der Waals surface area (Å²) >= 11 is 0. The fourth-order valence-corrected chi connectivity index (χ4v) is 4.09. The molecule has 168 valence electrons. The highest BCUT2D eigenvalue weighted by Crippen LogP contribution is 2.22. The Morgan fingerprint density at radius 2 is 1.88 bits per heavy atom. The number of hydrogen-bond acceptors (Lipinski definition) is 6. The number of likely N-dealkylation sites (tertiary alicyclic amines) is 1. The minimum Gasteiger partial charge on any atom is -0.497 e. The topological polar surface area (TPSA) is 81.5 Å². The Bertz CT molecular complexity index is 1070. The molecule has 8 nitrogen and oxygen atoms in total. The Morgan fingerprint density at radius 3 is 2.62 bits per heavy atom. The summed E-state index contributed by atoms with van der Waals surface area (Å²) in [5, 5.41) is 11.5. The third-order valence-electron chi connectivity index (χ3n) is 5.92.